The van der Waals surface area contributed by atoms with Gasteiger partial charge in [-0.25, -0.2) is 0 Å². The Morgan fingerprint density at radius 1 is 1.42 bits per heavy atom. The normalized spacial score (nSPS) is 24.6. The van der Waals surface area contributed by atoms with Gasteiger partial charge in [0.15, 0.2) is 0 Å². The summed E-state index contributed by atoms with van der Waals surface area (Å²) in [5.41, 5.74) is 0. The zero-order valence-electron chi connectivity index (χ0n) is 7.64. The van der Waals surface area contributed by atoms with Gasteiger partial charge in [0.1, 0.15) is 11.6 Å². The van der Waals surface area contributed by atoms with Gasteiger partial charge in [-0.2, -0.15) is 0 Å². The van der Waals surface area contributed by atoms with E-state index in [1.54, 1.807) is 0 Å². The molecule has 0 aliphatic heterocycles. The Hall–Kier alpha value is -0.660. The van der Waals surface area contributed by atoms with Crippen LogP contribution >= 0.6 is 0 Å². The van der Waals surface area contributed by atoms with Crippen molar-refractivity contribution in [1.82, 2.24) is 0 Å². The summed E-state index contributed by atoms with van der Waals surface area (Å²) < 4.78 is 0. The van der Waals surface area contributed by atoms with E-state index in [1.807, 2.05) is 0 Å². The minimum absolute atomic E-state index is 0.132. The summed E-state index contributed by atoms with van der Waals surface area (Å²) in [6, 6.07) is 0. The monoisotopic (exact) mass is 168 g/mol. The Morgan fingerprint density at radius 2 is 2.17 bits per heavy atom. The second-order valence-corrected chi connectivity index (χ2v) is 3.56. The van der Waals surface area contributed by atoms with Crippen molar-refractivity contribution in [2.45, 2.75) is 45.4 Å². The van der Waals surface area contributed by atoms with E-state index in [-0.39, 0.29) is 23.9 Å². The number of hydrogen-bond acceptors (Lipinski definition) is 2. The van der Waals surface area contributed by atoms with Crippen molar-refractivity contribution in [3.8, 4) is 0 Å². The fourth-order valence-electron chi connectivity index (χ4n) is 1.68. The molecule has 0 radical (unpaired) electrons. The lowest BCUT2D eigenvalue weighted by Gasteiger charge is -2.18. The maximum absolute atomic E-state index is 11.3. The summed E-state index contributed by atoms with van der Waals surface area (Å²) in [5.74, 6) is 0.509. The Balaban J connectivity index is 2.35. The quantitative estimate of drug-likeness (QED) is 0.605. The molecule has 2 nitrogen and oxygen atoms in total. The van der Waals surface area contributed by atoms with Gasteiger partial charge < -0.3 is 0 Å². The number of carbonyl (C=O) groups excluding carboxylic acids is 2. The molecule has 1 atom stereocenters. The molecule has 1 fully saturated rings. The Kier molecular flexibility index (Phi) is 3.45. The van der Waals surface area contributed by atoms with Gasteiger partial charge in [-0.3, -0.25) is 9.59 Å². The smallest absolute Gasteiger partial charge is 0.143 e. The molecular formula is C10H16O2. The van der Waals surface area contributed by atoms with E-state index in [9.17, 15) is 9.59 Å². The first-order valence-electron chi connectivity index (χ1n) is 4.78. The average Bonchev–Trinajstić information content (AvgIpc) is 2.03. The lowest BCUT2D eigenvalue weighted by atomic mass is 9.84. The maximum Gasteiger partial charge on any atom is 0.143 e. The van der Waals surface area contributed by atoms with Gasteiger partial charge >= 0.3 is 0 Å². The molecular weight excluding hydrogens is 152 g/mol. The number of hydrogen-bond donors (Lipinski definition) is 0. The first-order chi connectivity index (χ1) is 5.74. The molecule has 2 heteroatoms. The molecule has 0 unspecified atom stereocenters. The van der Waals surface area contributed by atoms with Crippen LogP contribution < -0.4 is 0 Å². The molecule has 1 aliphatic rings. The molecule has 12 heavy (non-hydrogen) atoms. The molecule has 1 saturated carbocycles. The van der Waals surface area contributed by atoms with E-state index in [0.717, 1.165) is 25.7 Å². The lowest BCUT2D eigenvalue weighted by Crippen LogP contribution is -2.24. The summed E-state index contributed by atoms with van der Waals surface area (Å²) >= 11 is 0. The van der Waals surface area contributed by atoms with E-state index in [4.69, 9.17) is 0 Å². The van der Waals surface area contributed by atoms with Crippen LogP contribution in [0.4, 0.5) is 0 Å². The van der Waals surface area contributed by atoms with Crippen molar-refractivity contribution < 1.29 is 9.59 Å². The third-order valence-corrected chi connectivity index (χ3v) is 2.50. The minimum atomic E-state index is 0.132. The van der Waals surface area contributed by atoms with E-state index >= 15 is 0 Å². The summed E-state index contributed by atoms with van der Waals surface area (Å²) in [7, 11) is 0. The van der Waals surface area contributed by atoms with Gasteiger partial charge in [0.05, 0.1) is 6.42 Å². The molecule has 0 aromatic heterocycles. The Labute approximate surface area is 73.3 Å². The number of unbranched alkanes of at least 4 members (excludes halogenated alkanes) is 1. The van der Waals surface area contributed by atoms with Crippen LogP contribution in [0, 0.1) is 5.92 Å². The van der Waals surface area contributed by atoms with Crippen molar-refractivity contribution in [1.29, 1.82) is 0 Å². The van der Waals surface area contributed by atoms with Crippen molar-refractivity contribution in [2.24, 2.45) is 5.92 Å². The van der Waals surface area contributed by atoms with E-state index in [1.165, 1.54) is 0 Å². The van der Waals surface area contributed by atoms with E-state index in [0.29, 0.717) is 6.42 Å². The number of Topliss-reactive ketones (excluding diaryl/α,β-unsaturated/α-hetero) is 2. The van der Waals surface area contributed by atoms with E-state index < -0.39 is 0 Å². The van der Waals surface area contributed by atoms with Crippen molar-refractivity contribution in [2.75, 3.05) is 0 Å². The van der Waals surface area contributed by atoms with Crippen LogP contribution in [0.1, 0.15) is 45.4 Å². The maximum atomic E-state index is 11.3. The zero-order chi connectivity index (χ0) is 8.97. The predicted molar refractivity (Wildman–Crippen MR) is 46.9 cm³/mol. The van der Waals surface area contributed by atoms with Crippen LogP contribution in [0.5, 0.6) is 0 Å². The molecule has 0 bridgehead atoms. The van der Waals surface area contributed by atoms with Gasteiger partial charge in [-0.15, -0.1) is 0 Å². The fourth-order valence-corrected chi connectivity index (χ4v) is 1.68. The highest BCUT2D eigenvalue weighted by atomic mass is 16.1. The first kappa shape index (κ1) is 9.43. The Morgan fingerprint density at radius 3 is 2.75 bits per heavy atom. The van der Waals surface area contributed by atoms with Gasteiger partial charge in [0, 0.05) is 12.3 Å². The van der Waals surface area contributed by atoms with Gasteiger partial charge in [0.25, 0.3) is 0 Å². The molecule has 68 valence electrons. The van der Waals surface area contributed by atoms with Gasteiger partial charge in [-0.1, -0.05) is 19.8 Å². The topological polar surface area (TPSA) is 34.1 Å². The average molecular weight is 168 g/mol. The SMILES string of the molecule is CCCC[C@@H]1CCC(=O)CC1=O. The van der Waals surface area contributed by atoms with Crippen molar-refractivity contribution in [3.63, 3.8) is 0 Å². The van der Waals surface area contributed by atoms with Crippen molar-refractivity contribution >= 4 is 11.6 Å². The number of rotatable bonds is 3. The highest BCUT2D eigenvalue weighted by molar-refractivity contribution is 6.02. The summed E-state index contributed by atoms with van der Waals surface area (Å²) in [4.78, 5) is 22.2. The second-order valence-electron chi connectivity index (χ2n) is 3.56. The lowest BCUT2D eigenvalue weighted by molar-refractivity contribution is -0.132. The zero-order valence-corrected chi connectivity index (χ0v) is 7.64. The third kappa shape index (κ3) is 2.43. The molecule has 0 saturated heterocycles. The van der Waals surface area contributed by atoms with E-state index in [2.05, 4.69) is 6.92 Å². The molecule has 1 aliphatic carbocycles. The van der Waals surface area contributed by atoms with Crippen LogP contribution in [-0.2, 0) is 9.59 Å². The highest BCUT2D eigenvalue weighted by Crippen LogP contribution is 2.22. The first-order valence-corrected chi connectivity index (χ1v) is 4.78. The standard InChI is InChI=1S/C10H16O2/c1-2-3-4-8-5-6-9(11)7-10(8)12/h8H,2-7H2,1H3/t8-/m1/s1. The predicted octanol–water partition coefficient (Wildman–Crippen LogP) is 2.11. The summed E-state index contributed by atoms with van der Waals surface area (Å²) in [6.45, 7) is 2.12. The molecule has 1 rings (SSSR count). The van der Waals surface area contributed by atoms with Crippen molar-refractivity contribution in [3.05, 3.63) is 0 Å². The van der Waals surface area contributed by atoms with Gasteiger partial charge in [0.2, 0.25) is 0 Å². The molecule has 0 amide bonds. The van der Waals surface area contributed by atoms with Crippen LogP contribution in [0.25, 0.3) is 0 Å². The fraction of sp³-hybridized carbons (Fsp3) is 0.800. The summed E-state index contributed by atoms with van der Waals surface area (Å²) in [5, 5.41) is 0. The molecule has 0 aromatic carbocycles. The summed E-state index contributed by atoms with van der Waals surface area (Å²) in [6.07, 6.45) is 4.87. The largest absolute Gasteiger partial charge is 0.299 e. The van der Waals surface area contributed by atoms with Gasteiger partial charge in [-0.05, 0) is 12.8 Å². The second kappa shape index (κ2) is 4.39. The molecule has 0 heterocycles. The minimum Gasteiger partial charge on any atom is -0.299 e. The van der Waals surface area contributed by atoms with Crippen LogP contribution in [0.2, 0.25) is 0 Å². The number of ketones is 2. The van der Waals surface area contributed by atoms with Crippen LogP contribution in [0.3, 0.4) is 0 Å². The highest BCUT2D eigenvalue weighted by Gasteiger charge is 2.25. The molecule has 0 spiro atoms. The molecule has 0 N–H and O–H groups in total. The Bertz CT molecular complexity index is 184. The number of carbonyl (C=O) groups is 2. The van der Waals surface area contributed by atoms with Crippen LogP contribution in [-0.4, -0.2) is 11.6 Å². The van der Waals surface area contributed by atoms with Crippen LogP contribution in [0.15, 0.2) is 0 Å². The third-order valence-electron chi connectivity index (χ3n) is 2.50. The molecule has 0 aromatic rings.